The van der Waals surface area contributed by atoms with Crippen LogP contribution in [0.3, 0.4) is 0 Å². The number of H-pyrrole nitrogens is 1. The number of hydrogen-bond donors (Lipinski definition) is 1. The van der Waals surface area contributed by atoms with E-state index in [1.54, 1.807) is 6.33 Å². The summed E-state index contributed by atoms with van der Waals surface area (Å²) in [6.07, 6.45) is 7.03. The monoisotopic (exact) mass is 286 g/mol. The number of nitrogens with one attached hydrogen (secondary N) is 1. The molecule has 0 aliphatic carbocycles. The molecule has 3 heterocycles. The molecule has 106 valence electrons. The molecule has 0 amide bonds. The first-order chi connectivity index (χ1) is 10.8. The highest BCUT2D eigenvalue weighted by Crippen LogP contribution is 2.28. The van der Waals surface area contributed by atoms with Crippen molar-refractivity contribution in [2.24, 2.45) is 0 Å². The predicted molar refractivity (Wildman–Crippen MR) is 87.3 cm³/mol. The first-order valence-corrected chi connectivity index (χ1v) is 7.11. The fourth-order valence-corrected chi connectivity index (χ4v) is 2.63. The van der Waals surface area contributed by atoms with Gasteiger partial charge in [-0.3, -0.25) is 4.98 Å². The van der Waals surface area contributed by atoms with Crippen LogP contribution in [0.15, 0.2) is 61.3 Å². The van der Waals surface area contributed by atoms with E-state index in [0.717, 1.165) is 33.6 Å². The quantitative estimate of drug-likeness (QED) is 0.606. The van der Waals surface area contributed by atoms with E-state index in [1.165, 1.54) is 5.39 Å². The number of nitrogens with zero attached hydrogens (tertiary/aromatic N) is 3. The van der Waals surface area contributed by atoms with Crippen molar-refractivity contribution in [3.63, 3.8) is 0 Å². The fourth-order valence-electron chi connectivity index (χ4n) is 2.63. The summed E-state index contributed by atoms with van der Waals surface area (Å²) in [5, 5.41) is 1.17. The maximum absolute atomic E-state index is 4.25. The van der Waals surface area contributed by atoms with Gasteiger partial charge in [0.05, 0.1) is 0 Å². The Morgan fingerprint density at radius 3 is 2.55 bits per heavy atom. The minimum Gasteiger partial charge on any atom is -0.355 e. The predicted octanol–water partition coefficient (Wildman–Crippen LogP) is 4.00. The molecule has 3 aromatic heterocycles. The van der Waals surface area contributed by atoms with Crippen molar-refractivity contribution in [1.82, 2.24) is 19.9 Å². The maximum atomic E-state index is 4.25. The number of aromatic nitrogens is 4. The molecule has 0 aliphatic rings. The van der Waals surface area contributed by atoms with Crippen LogP contribution in [0.5, 0.6) is 0 Å². The molecule has 22 heavy (non-hydrogen) atoms. The highest BCUT2D eigenvalue weighted by atomic mass is 14.8. The summed E-state index contributed by atoms with van der Waals surface area (Å²) in [6.45, 7) is 2.00. The Morgan fingerprint density at radius 1 is 0.864 bits per heavy atom. The molecule has 4 nitrogen and oxygen atoms in total. The molecule has 0 atom stereocenters. The van der Waals surface area contributed by atoms with Crippen LogP contribution in [-0.4, -0.2) is 19.9 Å². The van der Waals surface area contributed by atoms with Gasteiger partial charge in [0.2, 0.25) is 0 Å². The molecule has 0 bridgehead atoms. The van der Waals surface area contributed by atoms with Crippen LogP contribution in [0, 0.1) is 6.92 Å². The zero-order valence-corrected chi connectivity index (χ0v) is 12.1. The first kappa shape index (κ1) is 12.7. The van der Waals surface area contributed by atoms with Crippen LogP contribution in [0.2, 0.25) is 0 Å². The van der Waals surface area contributed by atoms with Crippen LogP contribution in [0.25, 0.3) is 33.3 Å². The van der Waals surface area contributed by atoms with Crippen LogP contribution in [-0.2, 0) is 0 Å². The number of aryl methyl sites for hydroxylation is 1. The maximum Gasteiger partial charge on any atom is 0.115 e. The van der Waals surface area contributed by atoms with Gasteiger partial charge in [0, 0.05) is 52.0 Å². The Bertz CT molecular complexity index is 942. The van der Waals surface area contributed by atoms with Gasteiger partial charge in [-0.25, -0.2) is 9.97 Å². The van der Waals surface area contributed by atoms with Gasteiger partial charge in [-0.05, 0) is 42.8 Å². The summed E-state index contributed by atoms with van der Waals surface area (Å²) in [6, 6.07) is 12.6. The highest BCUT2D eigenvalue weighted by Gasteiger charge is 2.06. The lowest BCUT2D eigenvalue weighted by Crippen LogP contribution is -1.82. The van der Waals surface area contributed by atoms with Crippen molar-refractivity contribution in [3.05, 3.63) is 67.0 Å². The Kier molecular flexibility index (Phi) is 2.93. The summed E-state index contributed by atoms with van der Waals surface area (Å²) in [5.74, 6) is 0. The summed E-state index contributed by atoms with van der Waals surface area (Å²) >= 11 is 0. The Morgan fingerprint density at radius 2 is 1.73 bits per heavy atom. The zero-order chi connectivity index (χ0) is 14.9. The Labute approximate surface area is 127 Å². The summed E-state index contributed by atoms with van der Waals surface area (Å²) in [4.78, 5) is 15.9. The van der Waals surface area contributed by atoms with Crippen LogP contribution >= 0.6 is 0 Å². The van der Waals surface area contributed by atoms with E-state index in [-0.39, 0.29) is 0 Å². The van der Waals surface area contributed by atoms with Gasteiger partial charge in [0.25, 0.3) is 0 Å². The molecule has 0 radical (unpaired) electrons. The molecule has 4 heteroatoms. The van der Waals surface area contributed by atoms with E-state index in [4.69, 9.17) is 0 Å². The van der Waals surface area contributed by atoms with E-state index in [0.29, 0.717) is 0 Å². The summed E-state index contributed by atoms with van der Waals surface area (Å²) in [5.41, 5.74) is 6.51. The average molecular weight is 286 g/mol. The molecule has 0 aliphatic heterocycles. The molecule has 0 fully saturated rings. The number of hydrogen-bond acceptors (Lipinski definition) is 3. The van der Waals surface area contributed by atoms with Crippen molar-refractivity contribution in [3.8, 4) is 22.4 Å². The van der Waals surface area contributed by atoms with Gasteiger partial charge in [0.1, 0.15) is 6.33 Å². The van der Waals surface area contributed by atoms with Crippen molar-refractivity contribution in [1.29, 1.82) is 0 Å². The lowest BCUT2D eigenvalue weighted by molar-refractivity contribution is 1.17. The van der Waals surface area contributed by atoms with Crippen molar-refractivity contribution < 1.29 is 0 Å². The van der Waals surface area contributed by atoms with Gasteiger partial charge < -0.3 is 4.98 Å². The standard InChI is InChI=1S/C18H14N4/c1-12-6-14(4-5-21-12)18-8-15-7-13(2-3-17(15)22-18)16-9-19-11-20-10-16/h2-11,22H,1H3. The minimum absolute atomic E-state index is 1.01. The van der Waals surface area contributed by atoms with Gasteiger partial charge in [-0.2, -0.15) is 0 Å². The SMILES string of the molecule is Cc1cc(-c2cc3cc(-c4cncnc4)ccc3[nH]2)ccn1. The average Bonchev–Trinajstić information content (AvgIpc) is 2.99. The van der Waals surface area contributed by atoms with Gasteiger partial charge in [-0.15, -0.1) is 0 Å². The lowest BCUT2D eigenvalue weighted by Gasteiger charge is -1.99. The van der Waals surface area contributed by atoms with Crippen LogP contribution < -0.4 is 0 Å². The van der Waals surface area contributed by atoms with Crippen molar-refractivity contribution in [2.75, 3.05) is 0 Å². The number of benzene rings is 1. The largest absolute Gasteiger partial charge is 0.355 e. The minimum atomic E-state index is 1.01. The highest BCUT2D eigenvalue weighted by molar-refractivity contribution is 5.89. The van der Waals surface area contributed by atoms with Gasteiger partial charge in [0.15, 0.2) is 0 Å². The normalized spacial score (nSPS) is 11.0. The smallest absolute Gasteiger partial charge is 0.115 e. The Balaban J connectivity index is 1.82. The van der Waals surface area contributed by atoms with Crippen LogP contribution in [0.4, 0.5) is 0 Å². The number of fused-ring (bicyclic) bond motifs is 1. The van der Waals surface area contributed by atoms with E-state index in [1.807, 2.05) is 31.6 Å². The molecule has 4 rings (SSSR count). The van der Waals surface area contributed by atoms with Crippen molar-refractivity contribution in [2.45, 2.75) is 6.92 Å². The number of rotatable bonds is 2. The number of pyridine rings is 1. The third kappa shape index (κ3) is 2.24. The zero-order valence-electron chi connectivity index (χ0n) is 12.1. The van der Waals surface area contributed by atoms with E-state index < -0.39 is 0 Å². The third-order valence-corrected chi connectivity index (χ3v) is 3.72. The van der Waals surface area contributed by atoms with E-state index >= 15 is 0 Å². The van der Waals surface area contributed by atoms with Gasteiger partial charge >= 0.3 is 0 Å². The second kappa shape index (κ2) is 5.07. The molecule has 0 spiro atoms. The van der Waals surface area contributed by atoms with Crippen LogP contribution in [0.1, 0.15) is 5.69 Å². The molecule has 1 N–H and O–H groups in total. The number of aromatic amines is 1. The second-order valence-corrected chi connectivity index (χ2v) is 5.30. The fraction of sp³-hybridized carbons (Fsp3) is 0.0556. The van der Waals surface area contributed by atoms with E-state index in [2.05, 4.69) is 50.3 Å². The second-order valence-electron chi connectivity index (χ2n) is 5.30. The van der Waals surface area contributed by atoms with E-state index in [9.17, 15) is 0 Å². The molecule has 1 aromatic carbocycles. The lowest BCUT2D eigenvalue weighted by atomic mass is 10.1. The summed E-state index contributed by atoms with van der Waals surface area (Å²) in [7, 11) is 0. The summed E-state index contributed by atoms with van der Waals surface area (Å²) < 4.78 is 0. The molecule has 0 unspecified atom stereocenters. The molecule has 0 saturated carbocycles. The van der Waals surface area contributed by atoms with Gasteiger partial charge in [-0.1, -0.05) is 6.07 Å². The topological polar surface area (TPSA) is 54.5 Å². The first-order valence-electron chi connectivity index (χ1n) is 7.11. The molecule has 0 saturated heterocycles. The van der Waals surface area contributed by atoms with Crippen molar-refractivity contribution >= 4 is 10.9 Å². The molecular formula is C18H14N4. The Hall–Kier alpha value is -3.01. The molecule has 4 aromatic rings. The third-order valence-electron chi connectivity index (χ3n) is 3.72. The molecular weight excluding hydrogens is 272 g/mol.